The zero-order valence-electron chi connectivity index (χ0n) is 20.1. The highest BCUT2D eigenvalue weighted by atomic mass is 16.5. The molecule has 0 unspecified atom stereocenters. The van der Waals surface area contributed by atoms with Crippen molar-refractivity contribution in [3.8, 4) is 5.75 Å². The van der Waals surface area contributed by atoms with Gasteiger partial charge in [-0.2, -0.15) is 0 Å². The lowest BCUT2D eigenvalue weighted by Crippen LogP contribution is -2.37. The third kappa shape index (κ3) is 5.17. The molecule has 3 rings (SSSR count). The van der Waals surface area contributed by atoms with Crippen molar-refractivity contribution in [2.75, 3.05) is 27.3 Å². The summed E-state index contributed by atoms with van der Waals surface area (Å²) in [4.78, 5) is 44.9. The van der Waals surface area contributed by atoms with Gasteiger partial charge in [-0.3, -0.25) is 14.6 Å². The van der Waals surface area contributed by atoms with Crippen LogP contribution in [-0.2, 0) is 18.2 Å². The van der Waals surface area contributed by atoms with Crippen molar-refractivity contribution in [3.05, 3.63) is 82.4 Å². The lowest BCUT2D eigenvalue weighted by atomic mass is 10.0. The predicted molar refractivity (Wildman–Crippen MR) is 127 cm³/mol. The molecule has 0 radical (unpaired) electrons. The molecule has 8 nitrogen and oxygen atoms in total. The molecular formula is C26H29N3O5. The van der Waals surface area contributed by atoms with Gasteiger partial charge in [0.25, 0.3) is 5.91 Å². The Morgan fingerprint density at radius 3 is 2.47 bits per heavy atom. The maximum Gasteiger partial charge on any atom is 0.354 e. The van der Waals surface area contributed by atoms with Crippen LogP contribution in [0, 0.1) is 13.8 Å². The number of pyridine rings is 1. The molecule has 3 aromatic rings. The summed E-state index contributed by atoms with van der Waals surface area (Å²) in [6.07, 6.45) is 2.18. The summed E-state index contributed by atoms with van der Waals surface area (Å²) in [7, 11) is 4.55. The molecule has 0 saturated heterocycles. The number of methoxy groups -OCH3 is 2. The van der Waals surface area contributed by atoms with Crippen molar-refractivity contribution in [1.29, 1.82) is 0 Å². The second-order valence-corrected chi connectivity index (χ2v) is 7.94. The number of benzene rings is 1. The van der Waals surface area contributed by atoms with Gasteiger partial charge in [-0.25, -0.2) is 4.79 Å². The molecule has 2 aromatic heterocycles. The van der Waals surface area contributed by atoms with Crippen LogP contribution in [0.1, 0.15) is 48.2 Å². The Bertz CT molecular complexity index is 1200. The third-order valence-electron chi connectivity index (χ3n) is 5.89. The monoisotopic (exact) mass is 463 g/mol. The van der Waals surface area contributed by atoms with E-state index in [0.717, 1.165) is 5.69 Å². The molecule has 0 aliphatic rings. The molecule has 178 valence electrons. The van der Waals surface area contributed by atoms with Gasteiger partial charge in [0.15, 0.2) is 5.78 Å². The van der Waals surface area contributed by atoms with Crippen LogP contribution < -0.4 is 4.74 Å². The number of hydrogen-bond acceptors (Lipinski definition) is 6. The summed E-state index contributed by atoms with van der Waals surface area (Å²) in [6, 6.07) is 12.4. The normalized spacial score (nSPS) is 10.6. The lowest BCUT2D eigenvalue weighted by molar-refractivity contribution is 0.0588. The van der Waals surface area contributed by atoms with Crippen LogP contribution in [0.5, 0.6) is 5.75 Å². The van der Waals surface area contributed by atoms with Gasteiger partial charge in [-0.05, 0) is 49.7 Å². The Balaban J connectivity index is 1.92. The number of Topliss-reactive ketones (excluding diaryl/α,β-unsaturated/α-hetero) is 1. The average molecular weight is 464 g/mol. The fourth-order valence-corrected chi connectivity index (χ4v) is 4.01. The molecular weight excluding hydrogens is 434 g/mol. The van der Waals surface area contributed by atoms with Crippen LogP contribution in [0.15, 0.2) is 48.7 Å². The van der Waals surface area contributed by atoms with E-state index >= 15 is 0 Å². The van der Waals surface area contributed by atoms with Gasteiger partial charge >= 0.3 is 5.97 Å². The molecule has 34 heavy (non-hydrogen) atoms. The lowest BCUT2D eigenvalue weighted by Gasteiger charge is -2.22. The number of hydrogen-bond donors (Lipinski definition) is 0. The van der Waals surface area contributed by atoms with Gasteiger partial charge < -0.3 is 18.9 Å². The van der Waals surface area contributed by atoms with E-state index in [0.29, 0.717) is 46.8 Å². The second kappa shape index (κ2) is 10.8. The molecule has 1 amide bonds. The van der Waals surface area contributed by atoms with Crippen LogP contribution in [-0.4, -0.2) is 59.4 Å². The molecule has 0 aliphatic carbocycles. The van der Waals surface area contributed by atoms with Crippen molar-refractivity contribution in [2.24, 2.45) is 7.05 Å². The van der Waals surface area contributed by atoms with E-state index in [1.807, 2.05) is 18.2 Å². The number of rotatable bonds is 9. The molecule has 0 aliphatic heterocycles. The number of ether oxygens (including phenoxy) is 2. The summed E-state index contributed by atoms with van der Waals surface area (Å²) in [6.45, 7) is 3.64. The van der Waals surface area contributed by atoms with E-state index in [4.69, 9.17) is 9.47 Å². The second-order valence-electron chi connectivity index (χ2n) is 7.94. The fraction of sp³-hybridized carbons (Fsp3) is 0.308. The van der Waals surface area contributed by atoms with Crippen molar-refractivity contribution in [2.45, 2.75) is 20.3 Å². The molecule has 1 aromatic carbocycles. The molecule has 8 heteroatoms. The van der Waals surface area contributed by atoms with E-state index in [1.165, 1.54) is 19.1 Å². The smallest absolute Gasteiger partial charge is 0.354 e. The zero-order chi connectivity index (χ0) is 24.8. The minimum atomic E-state index is -0.512. The van der Waals surface area contributed by atoms with E-state index in [1.54, 1.807) is 55.9 Å². The Kier molecular flexibility index (Phi) is 7.83. The summed E-state index contributed by atoms with van der Waals surface area (Å²) in [5.74, 6) is -0.499. The largest absolute Gasteiger partial charge is 0.497 e. The van der Waals surface area contributed by atoms with E-state index in [-0.39, 0.29) is 18.2 Å². The number of esters is 1. The first-order valence-corrected chi connectivity index (χ1v) is 10.9. The first kappa shape index (κ1) is 24.7. The molecule has 0 atom stereocenters. The molecule has 2 heterocycles. The van der Waals surface area contributed by atoms with E-state index < -0.39 is 5.97 Å². The van der Waals surface area contributed by atoms with Gasteiger partial charge in [0, 0.05) is 48.7 Å². The number of nitrogens with zero attached hydrogens (tertiary/aromatic N) is 3. The molecule has 0 spiro atoms. The summed E-state index contributed by atoms with van der Waals surface area (Å²) >= 11 is 0. The predicted octanol–water partition coefficient (Wildman–Crippen LogP) is 3.40. The maximum absolute atomic E-state index is 13.4. The van der Waals surface area contributed by atoms with E-state index in [9.17, 15) is 14.4 Å². The highest BCUT2D eigenvalue weighted by Crippen LogP contribution is 2.23. The van der Waals surface area contributed by atoms with Crippen LogP contribution in [0.4, 0.5) is 0 Å². The van der Waals surface area contributed by atoms with Crippen molar-refractivity contribution in [1.82, 2.24) is 14.5 Å². The minimum absolute atomic E-state index is 0.144. The van der Waals surface area contributed by atoms with Gasteiger partial charge in [0.1, 0.15) is 11.4 Å². The van der Waals surface area contributed by atoms with Crippen LogP contribution in [0.2, 0.25) is 0 Å². The van der Waals surface area contributed by atoms with Crippen LogP contribution in [0.3, 0.4) is 0 Å². The topological polar surface area (TPSA) is 90.7 Å². The maximum atomic E-state index is 13.4. The highest BCUT2D eigenvalue weighted by Gasteiger charge is 2.28. The quantitative estimate of drug-likeness (QED) is 0.357. The highest BCUT2D eigenvalue weighted by molar-refractivity contribution is 6.06. The Labute approximate surface area is 199 Å². The third-order valence-corrected chi connectivity index (χ3v) is 5.89. The number of amides is 1. The minimum Gasteiger partial charge on any atom is -0.497 e. The molecule has 0 N–H and O–H groups in total. The zero-order valence-corrected chi connectivity index (χ0v) is 20.1. The number of carbonyl (C=O) groups is 3. The molecule has 0 fully saturated rings. The van der Waals surface area contributed by atoms with Crippen molar-refractivity contribution < 1.29 is 23.9 Å². The summed E-state index contributed by atoms with van der Waals surface area (Å²) < 4.78 is 11.8. The number of ketones is 1. The Hall–Kier alpha value is -3.94. The van der Waals surface area contributed by atoms with Gasteiger partial charge in [-0.15, -0.1) is 0 Å². The first-order valence-electron chi connectivity index (χ1n) is 10.9. The molecule has 0 saturated carbocycles. The van der Waals surface area contributed by atoms with Crippen LogP contribution in [0.25, 0.3) is 0 Å². The van der Waals surface area contributed by atoms with E-state index in [2.05, 4.69) is 4.98 Å². The SMILES string of the molecule is COC(=O)c1c(C)c(C(=O)CN(CCc2ccccn2)C(=O)c2cccc(OC)c2)c(C)n1C. The average Bonchev–Trinajstić information content (AvgIpc) is 3.09. The summed E-state index contributed by atoms with van der Waals surface area (Å²) in [5.41, 5.74) is 3.16. The van der Waals surface area contributed by atoms with Crippen molar-refractivity contribution in [3.63, 3.8) is 0 Å². The van der Waals surface area contributed by atoms with Crippen molar-refractivity contribution >= 4 is 17.7 Å². The first-order chi connectivity index (χ1) is 16.3. The molecule has 0 bridgehead atoms. The number of aromatic nitrogens is 2. The Morgan fingerprint density at radius 2 is 1.82 bits per heavy atom. The Morgan fingerprint density at radius 1 is 1.06 bits per heavy atom. The van der Waals surface area contributed by atoms with Crippen LogP contribution >= 0.6 is 0 Å². The van der Waals surface area contributed by atoms with Gasteiger partial charge in [0.2, 0.25) is 0 Å². The number of carbonyl (C=O) groups excluding carboxylic acids is 3. The van der Waals surface area contributed by atoms with Gasteiger partial charge in [-0.1, -0.05) is 12.1 Å². The standard InChI is InChI=1S/C26H29N3O5/c1-17-23(18(2)28(3)24(17)26(32)34-5)22(30)16-29(14-12-20-10-6-7-13-27-20)25(31)19-9-8-11-21(15-19)33-4/h6-11,13,15H,12,14,16H2,1-5H3. The van der Waals surface area contributed by atoms with Gasteiger partial charge in [0.05, 0.1) is 20.8 Å². The fourth-order valence-electron chi connectivity index (χ4n) is 4.01. The summed E-state index contributed by atoms with van der Waals surface area (Å²) in [5, 5.41) is 0.